The molecule has 0 aromatic rings. The van der Waals surface area contributed by atoms with Crippen LogP contribution < -0.4 is 0 Å². The second-order valence-corrected chi connectivity index (χ2v) is 5.98. The van der Waals surface area contributed by atoms with Gasteiger partial charge in [-0.05, 0) is 18.1 Å². The van der Waals surface area contributed by atoms with Crippen LogP contribution in [0.4, 0.5) is 0 Å². The van der Waals surface area contributed by atoms with Gasteiger partial charge in [0.1, 0.15) is 0 Å². The first-order valence-electron chi connectivity index (χ1n) is 4.65. The molecule has 0 aromatic heterocycles. The Bertz CT molecular complexity index is 81.8. The highest BCUT2D eigenvalue weighted by Gasteiger charge is 2.09. The monoisotopic (exact) mass is 205 g/mol. The van der Waals surface area contributed by atoms with Gasteiger partial charge in [-0.2, -0.15) is 0 Å². The lowest BCUT2D eigenvalue weighted by molar-refractivity contribution is 0.203. The van der Waals surface area contributed by atoms with E-state index in [4.69, 9.17) is 14.2 Å². The molecule has 0 saturated heterocycles. The van der Waals surface area contributed by atoms with Crippen LogP contribution in [0.25, 0.3) is 0 Å². The minimum Gasteiger partial charge on any atom is -0.385 e. The maximum Gasteiger partial charge on any atom is 0.0549 e. The molecule has 0 heterocycles. The zero-order valence-corrected chi connectivity index (χ0v) is 9.97. The highest BCUT2D eigenvalue weighted by molar-refractivity contribution is 6.58. The molecule has 0 aliphatic rings. The summed E-state index contributed by atoms with van der Waals surface area (Å²) in [7, 11) is 4.96. The lowest BCUT2D eigenvalue weighted by Crippen LogP contribution is -2.18. The predicted molar refractivity (Wildman–Crippen MR) is 55.8 cm³/mol. The van der Waals surface area contributed by atoms with Crippen LogP contribution in [0.15, 0.2) is 0 Å². The molecule has 13 heavy (non-hydrogen) atoms. The first kappa shape index (κ1) is 13.1. The van der Waals surface area contributed by atoms with Gasteiger partial charge in [-0.3, -0.25) is 0 Å². The van der Waals surface area contributed by atoms with Crippen molar-refractivity contribution in [3.05, 3.63) is 0 Å². The standard InChI is InChI=1S/C9H21O3Si/c1-10-4-7-13(8-5-11-2)9-6-12-3/h4-9H2,1-3H3. The van der Waals surface area contributed by atoms with Gasteiger partial charge in [0, 0.05) is 41.2 Å². The topological polar surface area (TPSA) is 27.7 Å². The SMILES string of the molecule is COCC[Si](CCOC)CCOC. The van der Waals surface area contributed by atoms with E-state index in [2.05, 4.69) is 0 Å². The van der Waals surface area contributed by atoms with E-state index in [1.807, 2.05) is 0 Å². The molecule has 1 radical (unpaired) electrons. The lowest BCUT2D eigenvalue weighted by atomic mass is 10.8. The fourth-order valence-electron chi connectivity index (χ4n) is 1.11. The number of rotatable bonds is 9. The molecule has 0 aliphatic heterocycles. The summed E-state index contributed by atoms with van der Waals surface area (Å²) in [5.74, 6) is 0. The summed E-state index contributed by atoms with van der Waals surface area (Å²) in [5.41, 5.74) is 0. The van der Waals surface area contributed by atoms with E-state index in [1.54, 1.807) is 21.3 Å². The summed E-state index contributed by atoms with van der Waals surface area (Å²) < 4.78 is 15.2. The van der Waals surface area contributed by atoms with Crippen LogP contribution in [-0.2, 0) is 14.2 Å². The zero-order valence-electron chi connectivity index (χ0n) is 8.97. The number of hydrogen-bond donors (Lipinski definition) is 0. The Kier molecular flexibility index (Phi) is 10.3. The van der Waals surface area contributed by atoms with Crippen LogP contribution in [0.3, 0.4) is 0 Å². The Morgan fingerprint density at radius 3 is 1.23 bits per heavy atom. The molecule has 0 rings (SSSR count). The summed E-state index contributed by atoms with van der Waals surface area (Å²) in [6, 6.07) is 3.61. The van der Waals surface area contributed by atoms with Crippen molar-refractivity contribution in [3.63, 3.8) is 0 Å². The van der Waals surface area contributed by atoms with Crippen molar-refractivity contribution in [2.24, 2.45) is 0 Å². The van der Waals surface area contributed by atoms with Gasteiger partial charge in [-0.15, -0.1) is 0 Å². The largest absolute Gasteiger partial charge is 0.385 e. The molecule has 0 aliphatic carbocycles. The first-order chi connectivity index (χ1) is 6.35. The van der Waals surface area contributed by atoms with Gasteiger partial charge >= 0.3 is 0 Å². The summed E-state index contributed by atoms with van der Waals surface area (Å²) in [6.07, 6.45) is 0. The van der Waals surface area contributed by atoms with E-state index in [0.29, 0.717) is 0 Å². The second-order valence-electron chi connectivity index (χ2n) is 2.98. The Morgan fingerprint density at radius 1 is 0.692 bits per heavy atom. The zero-order chi connectivity index (χ0) is 9.94. The van der Waals surface area contributed by atoms with E-state index in [1.165, 1.54) is 18.1 Å². The number of ether oxygens (including phenoxy) is 3. The third kappa shape index (κ3) is 8.43. The maximum absolute atomic E-state index is 5.08. The fraction of sp³-hybridized carbons (Fsp3) is 1.00. The summed E-state index contributed by atoms with van der Waals surface area (Å²) >= 11 is 0. The van der Waals surface area contributed by atoms with Crippen LogP contribution in [0.1, 0.15) is 0 Å². The number of hydrogen-bond acceptors (Lipinski definition) is 3. The van der Waals surface area contributed by atoms with E-state index in [9.17, 15) is 0 Å². The van der Waals surface area contributed by atoms with Crippen molar-refractivity contribution in [2.45, 2.75) is 18.1 Å². The van der Waals surface area contributed by atoms with Crippen LogP contribution in [0, 0.1) is 0 Å². The molecule has 0 aromatic carbocycles. The molecular formula is C9H21O3Si. The molecule has 0 spiro atoms. The van der Waals surface area contributed by atoms with Crippen LogP contribution in [0.2, 0.25) is 18.1 Å². The van der Waals surface area contributed by atoms with Crippen molar-refractivity contribution in [1.29, 1.82) is 0 Å². The molecule has 0 amide bonds. The summed E-state index contributed by atoms with van der Waals surface area (Å²) in [6.45, 7) is 2.63. The third-order valence-corrected chi connectivity index (χ3v) is 4.71. The van der Waals surface area contributed by atoms with Crippen molar-refractivity contribution in [2.75, 3.05) is 41.2 Å². The van der Waals surface area contributed by atoms with Crippen molar-refractivity contribution < 1.29 is 14.2 Å². The average Bonchev–Trinajstić information content (AvgIpc) is 2.17. The minimum atomic E-state index is -0.308. The van der Waals surface area contributed by atoms with Gasteiger partial charge < -0.3 is 14.2 Å². The molecule has 0 unspecified atom stereocenters. The Labute approximate surface area is 83.0 Å². The molecule has 0 fully saturated rings. The Morgan fingerprint density at radius 2 is 1.00 bits per heavy atom. The first-order valence-corrected chi connectivity index (χ1v) is 6.77. The normalized spacial score (nSPS) is 11.1. The Balaban J connectivity index is 3.47. The molecule has 0 bridgehead atoms. The van der Waals surface area contributed by atoms with Gasteiger partial charge in [0.05, 0.1) is 8.80 Å². The smallest absolute Gasteiger partial charge is 0.0549 e. The van der Waals surface area contributed by atoms with Crippen molar-refractivity contribution in [1.82, 2.24) is 0 Å². The van der Waals surface area contributed by atoms with Crippen LogP contribution >= 0.6 is 0 Å². The highest BCUT2D eigenvalue weighted by atomic mass is 28.3. The average molecular weight is 205 g/mol. The van der Waals surface area contributed by atoms with Gasteiger partial charge in [-0.1, -0.05) is 0 Å². The van der Waals surface area contributed by atoms with Gasteiger partial charge in [0.15, 0.2) is 0 Å². The maximum atomic E-state index is 5.08. The van der Waals surface area contributed by atoms with Crippen molar-refractivity contribution >= 4 is 8.80 Å². The van der Waals surface area contributed by atoms with E-state index in [0.717, 1.165) is 19.8 Å². The fourth-order valence-corrected chi connectivity index (χ4v) is 3.34. The summed E-state index contributed by atoms with van der Waals surface area (Å²) in [4.78, 5) is 0. The lowest BCUT2D eigenvalue weighted by Gasteiger charge is -2.13. The molecule has 79 valence electrons. The van der Waals surface area contributed by atoms with Crippen LogP contribution in [0.5, 0.6) is 0 Å². The van der Waals surface area contributed by atoms with Gasteiger partial charge in [0.2, 0.25) is 0 Å². The molecule has 0 N–H and O–H groups in total. The molecule has 4 heteroatoms. The second kappa shape index (κ2) is 10.2. The molecular weight excluding hydrogens is 184 g/mol. The predicted octanol–water partition coefficient (Wildman–Crippen LogP) is 1.42. The highest BCUT2D eigenvalue weighted by Crippen LogP contribution is 2.06. The van der Waals surface area contributed by atoms with Crippen LogP contribution in [-0.4, -0.2) is 49.9 Å². The molecule has 3 nitrogen and oxygen atoms in total. The van der Waals surface area contributed by atoms with Crippen molar-refractivity contribution in [3.8, 4) is 0 Å². The molecule has 0 saturated carbocycles. The van der Waals surface area contributed by atoms with E-state index in [-0.39, 0.29) is 8.80 Å². The van der Waals surface area contributed by atoms with Gasteiger partial charge in [0.25, 0.3) is 0 Å². The third-order valence-electron chi connectivity index (χ3n) is 1.98. The molecule has 0 atom stereocenters. The Hall–Kier alpha value is 0.0969. The van der Waals surface area contributed by atoms with E-state index >= 15 is 0 Å². The minimum absolute atomic E-state index is 0.308. The quantitative estimate of drug-likeness (QED) is 0.533. The summed E-state index contributed by atoms with van der Waals surface area (Å²) in [5, 5.41) is 0. The van der Waals surface area contributed by atoms with Gasteiger partial charge in [-0.25, -0.2) is 0 Å². The van der Waals surface area contributed by atoms with E-state index < -0.39 is 0 Å². The number of methoxy groups -OCH3 is 3.